The minimum absolute atomic E-state index is 0.0288. The zero-order valence-corrected chi connectivity index (χ0v) is 13.5. The van der Waals surface area contributed by atoms with Gasteiger partial charge in [-0.1, -0.05) is 54.1 Å². The molecule has 1 amide bonds. The first kappa shape index (κ1) is 16.5. The number of aliphatic hydroxyl groups is 1. The first-order valence-electron chi connectivity index (χ1n) is 7.18. The highest BCUT2D eigenvalue weighted by Crippen LogP contribution is 2.23. The summed E-state index contributed by atoms with van der Waals surface area (Å²) in [6.07, 6.45) is -0.775. The fourth-order valence-electron chi connectivity index (χ4n) is 2.31. The maximum atomic E-state index is 12.2. The number of nitrogens with one attached hydrogen (secondary N) is 1. The zero-order chi connectivity index (χ0) is 16.2. The fourth-order valence-corrected chi connectivity index (χ4v) is 2.43. The molecule has 116 valence electrons. The Labute approximate surface area is 135 Å². The van der Waals surface area contributed by atoms with E-state index in [1.807, 2.05) is 56.3 Å². The van der Waals surface area contributed by atoms with Gasteiger partial charge in [0, 0.05) is 5.02 Å². The lowest BCUT2D eigenvalue weighted by Gasteiger charge is -2.27. The van der Waals surface area contributed by atoms with E-state index < -0.39 is 11.6 Å². The van der Waals surface area contributed by atoms with E-state index in [4.69, 9.17) is 11.6 Å². The molecule has 0 aromatic heterocycles. The topological polar surface area (TPSA) is 49.3 Å². The smallest absolute Gasteiger partial charge is 0.223 e. The van der Waals surface area contributed by atoms with E-state index in [1.54, 1.807) is 12.1 Å². The standard InChI is InChI=1S/C18H20ClNO2/c1-18(2,14-8-10-15(19)11-9-14)20-17(22)12-16(21)13-6-4-3-5-7-13/h3-11,16,21H,12H2,1-2H3,(H,20,22). The highest BCUT2D eigenvalue weighted by atomic mass is 35.5. The average Bonchev–Trinajstić information content (AvgIpc) is 2.48. The van der Waals surface area contributed by atoms with Crippen LogP contribution in [0.15, 0.2) is 54.6 Å². The van der Waals surface area contributed by atoms with Crippen molar-refractivity contribution in [2.75, 3.05) is 0 Å². The molecule has 0 spiro atoms. The second-order valence-corrected chi connectivity index (χ2v) is 6.25. The van der Waals surface area contributed by atoms with Crippen LogP contribution in [-0.2, 0) is 10.3 Å². The molecule has 0 fully saturated rings. The number of hydrogen-bond donors (Lipinski definition) is 2. The van der Waals surface area contributed by atoms with Crippen molar-refractivity contribution in [2.24, 2.45) is 0 Å². The molecule has 3 nitrogen and oxygen atoms in total. The summed E-state index contributed by atoms with van der Waals surface area (Å²) in [5.41, 5.74) is 1.17. The Kier molecular flexibility index (Phi) is 5.22. The zero-order valence-electron chi connectivity index (χ0n) is 12.7. The number of amides is 1. The SMILES string of the molecule is CC(C)(NC(=O)CC(O)c1ccccc1)c1ccc(Cl)cc1. The molecule has 1 atom stereocenters. The molecule has 2 N–H and O–H groups in total. The van der Waals surface area contributed by atoms with Crippen LogP contribution >= 0.6 is 11.6 Å². The molecule has 0 radical (unpaired) electrons. The van der Waals surface area contributed by atoms with E-state index >= 15 is 0 Å². The Bertz CT molecular complexity index is 623. The summed E-state index contributed by atoms with van der Waals surface area (Å²) < 4.78 is 0. The Morgan fingerprint density at radius 1 is 1.14 bits per heavy atom. The lowest BCUT2D eigenvalue weighted by Crippen LogP contribution is -2.41. The minimum Gasteiger partial charge on any atom is -0.388 e. The second kappa shape index (κ2) is 6.95. The van der Waals surface area contributed by atoms with Crippen LogP contribution in [0.5, 0.6) is 0 Å². The molecule has 2 rings (SSSR count). The molecule has 0 aliphatic heterocycles. The minimum atomic E-state index is -0.804. The van der Waals surface area contributed by atoms with E-state index in [0.717, 1.165) is 11.1 Å². The first-order chi connectivity index (χ1) is 10.4. The van der Waals surface area contributed by atoms with Gasteiger partial charge in [-0.25, -0.2) is 0 Å². The molecule has 0 aliphatic carbocycles. The molecule has 4 heteroatoms. The van der Waals surface area contributed by atoms with Gasteiger partial charge >= 0.3 is 0 Å². The van der Waals surface area contributed by atoms with Crippen LogP contribution in [0.25, 0.3) is 0 Å². The third-order valence-corrected chi connectivity index (χ3v) is 3.83. The molecule has 2 aromatic carbocycles. The van der Waals surface area contributed by atoms with Gasteiger partial charge in [-0.15, -0.1) is 0 Å². The van der Waals surface area contributed by atoms with Gasteiger partial charge in [-0.2, -0.15) is 0 Å². The molecule has 0 aliphatic rings. The van der Waals surface area contributed by atoms with Gasteiger partial charge in [0.05, 0.1) is 18.1 Å². The normalized spacial score (nSPS) is 12.7. The third-order valence-electron chi connectivity index (χ3n) is 3.58. The molecule has 2 aromatic rings. The van der Waals surface area contributed by atoms with Crippen LogP contribution < -0.4 is 5.32 Å². The van der Waals surface area contributed by atoms with E-state index in [9.17, 15) is 9.90 Å². The summed E-state index contributed by atoms with van der Waals surface area (Å²) in [5.74, 6) is -0.198. The summed E-state index contributed by atoms with van der Waals surface area (Å²) in [4.78, 5) is 12.2. The summed E-state index contributed by atoms with van der Waals surface area (Å²) in [7, 11) is 0. The average molecular weight is 318 g/mol. The number of hydrogen-bond acceptors (Lipinski definition) is 2. The van der Waals surface area contributed by atoms with Gasteiger partial charge < -0.3 is 10.4 Å². The molecule has 0 bridgehead atoms. The Hall–Kier alpha value is -1.84. The maximum Gasteiger partial charge on any atom is 0.223 e. The Morgan fingerprint density at radius 2 is 1.73 bits per heavy atom. The number of aliphatic hydroxyl groups excluding tert-OH is 1. The van der Waals surface area contributed by atoms with Crippen molar-refractivity contribution in [1.29, 1.82) is 0 Å². The monoisotopic (exact) mass is 317 g/mol. The number of halogens is 1. The highest BCUT2D eigenvalue weighted by molar-refractivity contribution is 6.30. The van der Waals surface area contributed by atoms with Crippen LogP contribution in [-0.4, -0.2) is 11.0 Å². The van der Waals surface area contributed by atoms with Gasteiger partial charge in [0.1, 0.15) is 0 Å². The van der Waals surface area contributed by atoms with E-state index in [0.29, 0.717) is 5.02 Å². The second-order valence-electron chi connectivity index (χ2n) is 5.81. The predicted octanol–water partition coefficient (Wildman–Crippen LogP) is 3.82. The molecular formula is C18H20ClNO2. The number of carbonyl (C=O) groups is 1. The van der Waals surface area contributed by atoms with Gasteiger partial charge in [-0.05, 0) is 37.1 Å². The van der Waals surface area contributed by atoms with Crippen molar-refractivity contribution in [2.45, 2.75) is 31.9 Å². The van der Waals surface area contributed by atoms with Gasteiger partial charge in [0.15, 0.2) is 0 Å². The molecular weight excluding hydrogens is 298 g/mol. The maximum absolute atomic E-state index is 12.2. The third kappa shape index (κ3) is 4.33. The van der Waals surface area contributed by atoms with Gasteiger partial charge in [-0.3, -0.25) is 4.79 Å². The summed E-state index contributed by atoms with van der Waals surface area (Å²) in [6, 6.07) is 16.5. The van der Waals surface area contributed by atoms with E-state index in [-0.39, 0.29) is 12.3 Å². The summed E-state index contributed by atoms with van der Waals surface area (Å²) >= 11 is 5.88. The number of benzene rings is 2. The summed E-state index contributed by atoms with van der Waals surface area (Å²) in [6.45, 7) is 3.84. The molecule has 1 unspecified atom stereocenters. The quantitative estimate of drug-likeness (QED) is 0.881. The number of carbonyl (C=O) groups excluding carboxylic acids is 1. The lowest BCUT2D eigenvalue weighted by molar-refractivity contribution is -0.124. The molecule has 0 saturated heterocycles. The highest BCUT2D eigenvalue weighted by Gasteiger charge is 2.24. The van der Waals surface area contributed by atoms with Crippen molar-refractivity contribution in [3.63, 3.8) is 0 Å². The Morgan fingerprint density at radius 3 is 2.32 bits per heavy atom. The lowest BCUT2D eigenvalue weighted by atomic mass is 9.94. The Balaban J connectivity index is 2.00. The van der Waals surface area contributed by atoms with E-state index in [2.05, 4.69) is 5.32 Å². The largest absolute Gasteiger partial charge is 0.388 e. The van der Waals surface area contributed by atoms with Crippen LogP contribution in [0.4, 0.5) is 0 Å². The molecule has 22 heavy (non-hydrogen) atoms. The molecule has 0 heterocycles. The van der Waals surface area contributed by atoms with Crippen LogP contribution in [0.3, 0.4) is 0 Å². The van der Waals surface area contributed by atoms with Crippen LogP contribution in [0.1, 0.15) is 37.5 Å². The fraction of sp³-hybridized carbons (Fsp3) is 0.278. The molecule has 0 saturated carbocycles. The predicted molar refractivity (Wildman–Crippen MR) is 88.6 cm³/mol. The van der Waals surface area contributed by atoms with Crippen LogP contribution in [0.2, 0.25) is 5.02 Å². The van der Waals surface area contributed by atoms with Crippen molar-refractivity contribution in [3.05, 3.63) is 70.7 Å². The number of rotatable bonds is 5. The first-order valence-corrected chi connectivity index (χ1v) is 7.56. The van der Waals surface area contributed by atoms with Crippen molar-refractivity contribution >= 4 is 17.5 Å². The van der Waals surface area contributed by atoms with Gasteiger partial charge in [0.2, 0.25) is 5.91 Å². The van der Waals surface area contributed by atoms with Gasteiger partial charge in [0.25, 0.3) is 0 Å². The van der Waals surface area contributed by atoms with Crippen molar-refractivity contribution in [1.82, 2.24) is 5.32 Å². The van der Waals surface area contributed by atoms with Crippen molar-refractivity contribution in [3.8, 4) is 0 Å². The van der Waals surface area contributed by atoms with Crippen LogP contribution in [0, 0.1) is 0 Å². The summed E-state index contributed by atoms with van der Waals surface area (Å²) in [5, 5.41) is 13.7. The van der Waals surface area contributed by atoms with E-state index in [1.165, 1.54) is 0 Å². The van der Waals surface area contributed by atoms with Crippen molar-refractivity contribution < 1.29 is 9.90 Å².